The van der Waals surface area contributed by atoms with Crippen LogP contribution in [0.15, 0.2) is 23.0 Å². The molecular weight excluding hydrogens is 160 g/mol. The molecule has 0 aromatic carbocycles. The van der Waals surface area contributed by atoms with E-state index in [1.165, 1.54) is 24.0 Å². The largest absolute Gasteiger partial charge is 0.497 e. The topological polar surface area (TPSA) is 9.23 Å². The quantitative estimate of drug-likeness (QED) is 0.644. The lowest BCUT2D eigenvalue weighted by atomic mass is 9.89. The molecule has 0 heterocycles. The minimum atomic E-state index is 0.615. The highest BCUT2D eigenvalue weighted by Gasteiger charge is 2.15. The molecule has 0 saturated heterocycles. The van der Waals surface area contributed by atoms with Gasteiger partial charge in [-0.3, -0.25) is 0 Å². The molecule has 0 aromatic rings. The summed E-state index contributed by atoms with van der Waals surface area (Å²) in [5.74, 6) is 1.72. The van der Waals surface area contributed by atoms with Gasteiger partial charge in [0.1, 0.15) is 5.76 Å². The molecule has 0 aliphatic heterocycles. The first-order valence-electron chi connectivity index (χ1n) is 5.15. The Morgan fingerprint density at radius 3 is 2.54 bits per heavy atom. The van der Waals surface area contributed by atoms with Gasteiger partial charge in [-0.25, -0.2) is 0 Å². The first-order chi connectivity index (χ1) is 6.19. The monoisotopic (exact) mass is 180 g/mol. The Hall–Kier alpha value is -0.720. The average molecular weight is 180 g/mol. The van der Waals surface area contributed by atoms with Gasteiger partial charge in [0.05, 0.1) is 7.11 Å². The minimum Gasteiger partial charge on any atom is -0.497 e. The molecule has 1 rings (SSSR count). The smallest absolute Gasteiger partial charge is 0.118 e. The van der Waals surface area contributed by atoms with Crippen molar-refractivity contribution in [1.29, 1.82) is 0 Å². The van der Waals surface area contributed by atoms with Crippen LogP contribution in [0.1, 0.15) is 40.0 Å². The second-order valence-corrected chi connectivity index (χ2v) is 3.90. The van der Waals surface area contributed by atoms with E-state index in [0.717, 1.165) is 12.2 Å². The highest BCUT2D eigenvalue weighted by molar-refractivity contribution is 5.30. The Morgan fingerprint density at radius 2 is 2.08 bits per heavy atom. The van der Waals surface area contributed by atoms with E-state index in [1.807, 2.05) is 0 Å². The van der Waals surface area contributed by atoms with Crippen molar-refractivity contribution in [2.75, 3.05) is 7.11 Å². The second kappa shape index (κ2) is 4.50. The number of allylic oxidation sites excluding steroid dienone is 3. The van der Waals surface area contributed by atoms with Crippen molar-refractivity contribution in [3.8, 4) is 0 Å². The molecule has 0 fully saturated rings. The summed E-state index contributed by atoms with van der Waals surface area (Å²) in [4.78, 5) is 0. The van der Waals surface area contributed by atoms with Crippen LogP contribution in [0.3, 0.4) is 0 Å². The zero-order valence-corrected chi connectivity index (χ0v) is 9.18. The normalized spacial score (nSPS) is 17.8. The van der Waals surface area contributed by atoms with Crippen LogP contribution < -0.4 is 0 Å². The zero-order valence-electron chi connectivity index (χ0n) is 9.18. The van der Waals surface area contributed by atoms with E-state index >= 15 is 0 Å². The lowest BCUT2D eigenvalue weighted by Gasteiger charge is -2.21. The fourth-order valence-corrected chi connectivity index (χ4v) is 1.81. The van der Waals surface area contributed by atoms with E-state index in [4.69, 9.17) is 4.74 Å². The Bertz CT molecular complexity index is 234. The number of rotatable bonds is 3. The predicted octanol–water partition coefficient (Wildman–Crippen LogP) is 3.67. The second-order valence-electron chi connectivity index (χ2n) is 3.90. The van der Waals surface area contributed by atoms with Gasteiger partial charge >= 0.3 is 0 Å². The molecule has 0 N–H and O–H groups in total. The Kier molecular flexibility index (Phi) is 3.58. The molecule has 74 valence electrons. The van der Waals surface area contributed by atoms with Gasteiger partial charge in [-0.15, -0.1) is 0 Å². The molecule has 0 atom stereocenters. The van der Waals surface area contributed by atoms with Crippen LogP contribution >= 0.6 is 0 Å². The van der Waals surface area contributed by atoms with Crippen LogP contribution in [-0.4, -0.2) is 7.11 Å². The number of methoxy groups -OCH3 is 1. The third kappa shape index (κ3) is 2.36. The molecule has 0 aromatic heterocycles. The zero-order chi connectivity index (χ0) is 9.84. The van der Waals surface area contributed by atoms with E-state index in [2.05, 4.69) is 26.8 Å². The van der Waals surface area contributed by atoms with Crippen molar-refractivity contribution < 1.29 is 4.74 Å². The van der Waals surface area contributed by atoms with Crippen molar-refractivity contribution in [3.63, 3.8) is 0 Å². The third-order valence-corrected chi connectivity index (χ3v) is 2.74. The van der Waals surface area contributed by atoms with Crippen molar-refractivity contribution in [1.82, 2.24) is 0 Å². The predicted molar refractivity (Wildman–Crippen MR) is 56.5 cm³/mol. The highest BCUT2D eigenvalue weighted by Crippen LogP contribution is 2.30. The summed E-state index contributed by atoms with van der Waals surface area (Å²) in [5, 5.41) is 0. The molecule has 1 nitrogen and oxygen atoms in total. The Balaban J connectivity index is 2.90. The van der Waals surface area contributed by atoms with Crippen LogP contribution in [0.4, 0.5) is 0 Å². The molecular formula is C12H20O. The fraction of sp³-hybridized carbons (Fsp3) is 0.667. The summed E-state index contributed by atoms with van der Waals surface area (Å²) < 4.78 is 5.40. The molecule has 1 aliphatic carbocycles. The summed E-state index contributed by atoms with van der Waals surface area (Å²) in [5.41, 5.74) is 2.99. The third-order valence-electron chi connectivity index (χ3n) is 2.74. The van der Waals surface area contributed by atoms with Crippen molar-refractivity contribution in [2.24, 2.45) is 5.92 Å². The molecule has 0 unspecified atom stereocenters. The number of ether oxygens (including phenoxy) is 1. The van der Waals surface area contributed by atoms with Gasteiger partial charge in [0.15, 0.2) is 0 Å². The van der Waals surface area contributed by atoms with Gasteiger partial charge in [0.2, 0.25) is 0 Å². The molecule has 13 heavy (non-hydrogen) atoms. The van der Waals surface area contributed by atoms with Crippen molar-refractivity contribution in [3.05, 3.63) is 23.0 Å². The molecule has 1 aliphatic rings. The molecule has 0 amide bonds. The van der Waals surface area contributed by atoms with Gasteiger partial charge in [-0.2, -0.15) is 0 Å². The fourth-order valence-electron chi connectivity index (χ4n) is 1.81. The number of hydrogen-bond acceptors (Lipinski definition) is 1. The van der Waals surface area contributed by atoms with Crippen LogP contribution in [0.25, 0.3) is 0 Å². The number of hydrogen-bond donors (Lipinski definition) is 0. The molecule has 0 saturated carbocycles. The van der Waals surface area contributed by atoms with Gasteiger partial charge in [-0.05, 0) is 36.8 Å². The van der Waals surface area contributed by atoms with Crippen LogP contribution in [0.2, 0.25) is 0 Å². The minimum absolute atomic E-state index is 0.615. The SMILES string of the molecule is CCC1=CC(OC)=C(C(C)C)CC1. The van der Waals surface area contributed by atoms with E-state index in [0.29, 0.717) is 5.92 Å². The summed E-state index contributed by atoms with van der Waals surface area (Å²) >= 11 is 0. The van der Waals surface area contributed by atoms with Crippen LogP contribution in [0, 0.1) is 5.92 Å². The standard InChI is InChI=1S/C12H20O/c1-5-10-6-7-11(9(2)3)12(8-10)13-4/h8-9H,5-7H2,1-4H3. The lowest BCUT2D eigenvalue weighted by Crippen LogP contribution is -2.05. The van der Waals surface area contributed by atoms with Crippen molar-refractivity contribution >= 4 is 0 Å². The molecule has 0 spiro atoms. The van der Waals surface area contributed by atoms with Gasteiger partial charge in [-0.1, -0.05) is 26.3 Å². The Morgan fingerprint density at radius 1 is 1.38 bits per heavy atom. The first-order valence-corrected chi connectivity index (χ1v) is 5.15. The van der Waals surface area contributed by atoms with Crippen molar-refractivity contribution in [2.45, 2.75) is 40.0 Å². The van der Waals surface area contributed by atoms with E-state index in [-0.39, 0.29) is 0 Å². The molecule has 0 bridgehead atoms. The average Bonchev–Trinajstić information content (AvgIpc) is 2.16. The van der Waals surface area contributed by atoms with Gasteiger partial charge in [0, 0.05) is 0 Å². The maximum absolute atomic E-state index is 5.40. The van der Waals surface area contributed by atoms with Gasteiger partial charge in [0.25, 0.3) is 0 Å². The first kappa shape index (κ1) is 10.4. The lowest BCUT2D eigenvalue weighted by molar-refractivity contribution is 0.292. The van der Waals surface area contributed by atoms with Crippen LogP contribution in [-0.2, 0) is 4.74 Å². The summed E-state index contributed by atoms with van der Waals surface area (Å²) in [7, 11) is 1.77. The summed E-state index contributed by atoms with van der Waals surface area (Å²) in [6, 6.07) is 0. The highest BCUT2D eigenvalue weighted by atomic mass is 16.5. The summed E-state index contributed by atoms with van der Waals surface area (Å²) in [6.45, 7) is 6.68. The maximum atomic E-state index is 5.40. The molecule has 0 radical (unpaired) electrons. The summed E-state index contributed by atoms with van der Waals surface area (Å²) in [6.07, 6.45) is 5.77. The Labute approximate surface area is 81.5 Å². The van der Waals surface area contributed by atoms with E-state index < -0.39 is 0 Å². The maximum Gasteiger partial charge on any atom is 0.118 e. The van der Waals surface area contributed by atoms with Crippen LogP contribution in [0.5, 0.6) is 0 Å². The molecule has 1 heteroatoms. The van der Waals surface area contributed by atoms with E-state index in [9.17, 15) is 0 Å². The van der Waals surface area contributed by atoms with Gasteiger partial charge < -0.3 is 4.74 Å². The van der Waals surface area contributed by atoms with E-state index in [1.54, 1.807) is 7.11 Å².